The molecule has 4 rings (SSSR count). The number of hydrogen-bond acceptors (Lipinski definition) is 6. The number of carbonyl (C=O) groups excluding carboxylic acids is 1. The van der Waals surface area contributed by atoms with Gasteiger partial charge in [0.2, 0.25) is 0 Å². The van der Waals surface area contributed by atoms with Crippen LogP contribution in [0.5, 0.6) is 0 Å². The molecule has 3 aromatic heterocycles. The summed E-state index contributed by atoms with van der Waals surface area (Å²) in [6, 6.07) is 9.36. The van der Waals surface area contributed by atoms with Crippen molar-refractivity contribution in [2.45, 2.75) is 20.5 Å². The molecule has 4 aromatic rings. The van der Waals surface area contributed by atoms with Crippen LogP contribution < -0.4 is 0 Å². The molecule has 0 saturated carbocycles. The van der Waals surface area contributed by atoms with E-state index in [-0.39, 0.29) is 6.61 Å². The molecule has 7 heteroatoms. The molecule has 3 heterocycles. The Morgan fingerprint density at radius 1 is 1.12 bits per heavy atom. The van der Waals surface area contributed by atoms with Crippen molar-refractivity contribution in [1.29, 1.82) is 0 Å². The van der Waals surface area contributed by atoms with Crippen molar-refractivity contribution in [2.75, 3.05) is 0 Å². The number of hydrogen-bond donors (Lipinski definition) is 0. The van der Waals surface area contributed by atoms with Gasteiger partial charge < -0.3 is 4.74 Å². The van der Waals surface area contributed by atoms with Gasteiger partial charge in [0, 0.05) is 18.6 Å². The highest BCUT2D eigenvalue weighted by molar-refractivity contribution is 5.93. The molecule has 0 aliphatic rings. The molecule has 26 heavy (non-hydrogen) atoms. The van der Waals surface area contributed by atoms with Crippen LogP contribution >= 0.6 is 0 Å². The molecule has 0 aliphatic heterocycles. The van der Waals surface area contributed by atoms with Gasteiger partial charge in [-0.2, -0.15) is 5.10 Å². The van der Waals surface area contributed by atoms with Crippen molar-refractivity contribution in [3.05, 3.63) is 59.2 Å². The first-order valence-electron chi connectivity index (χ1n) is 8.21. The number of carbonyl (C=O) groups is 1. The van der Waals surface area contributed by atoms with Crippen molar-refractivity contribution in [3.8, 4) is 0 Å². The van der Waals surface area contributed by atoms with Crippen LogP contribution in [-0.2, 0) is 18.4 Å². The summed E-state index contributed by atoms with van der Waals surface area (Å²) < 4.78 is 7.12. The lowest BCUT2D eigenvalue weighted by molar-refractivity contribution is 0.0466. The second-order valence-electron chi connectivity index (χ2n) is 6.12. The predicted octanol–water partition coefficient (Wildman–Crippen LogP) is 2.89. The van der Waals surface area contributed by atoms with Crippen LogP contribution in [0.3, 0.4) is 0 Å². The third-order valence-corrected chi connectivity index (χ3v) is 4.28. The van der Waals surface area contributed by atoms with Gasteiger partial charge in [-0.3, -0.25) is 4.68 Å². The summed E-state index contributed by atoms with van der Waals surface area (Å²) in [5, 5.41) is 5.15. The fraction of sp³-hybridized carbons (Fsp3) is 0.211. The summed E-state index contributed by atoms with van der Waals surface area (Å²) >= 11 is 0. The zero-order valence-corrected chi connectivity index (χ0v) is 14.7. The van der Waals surface area contributed by atoms with E-state index in [2.05, 4.69) is 20.1 Å². The molecule has 0 bridgehead atoms. The van der Waals surface area contributed by atoms with E-state index in [1.54, 1.807) is 10.7 Å². The quantitative estimate of drug-likeness (QED) is 0.530. The number of aryl methyl sites for hydroxylation is 3. The standard InChI is InChI=1S/C19H17N5O2/c1-11-14-8-13(9-20-18(14)24(3)23-11)19(25)26-10-17-12(2)21-15-6-4-5-7-16(15)22-17/h4-9H,10H2,1-3H3. The Bertz CT molecular complexity index is 1150. The maximum Gasteiger partial charge on any atom is 0.340 e. The molecule has 7 nitrogen and oxygen atoms in total. The second kappa shape index (κ2) is 6.18. The van der Waals surface area contributed by atoms with Gasteiger partial charge in [-0.25, -0.2) is 19.7 Å². The number of nitrogens with zero attached hydrogens (tertiary/aromatic N) is 5. The number of aromatic nitrogens is 5. The number of benzene rings is 1. The monoisotopic (exact) mass is 347 g/mol. The molecule has 0 atom stereocenters. The van der Waals surface area contributed by atoms with Crippen LogP contribution in [0.4, 0.5) is 0 Å². The van der Waals surface area contributed by atoms with E-state index in [4.69, 9.17) is 4.74 Å². The Hall–Kier alpha value is -3.35. The highest BCUT2D eigenvalue weighted by Crippen LogP contribution is 2.18. The third-order valence-electron chi connectivity index (χ3n) is 4.28. The minimum absolute atomic E-state index is 0.0621. The summed E-state index contributed by atoms with van der Waals surface area (Å²) in [5.41, 5.74) is 4.92. The number of esters is 1. The highest BCUT2D eigenvalue weighted by Gasteiger charge is 2.14. The van der Waals surface area contributed by atoms with Crippen molar-refractivity contribution < 1.29 is 9.53 Å². The van der Waals surface area contributed by atoms with Crippen molar-refractivity contribution in [2.24, 2.45) is 7.05 Å². The number of pyridine rings is 1. The third kappa shape index (κ3) is 2.77. The molecule has 0 radical (unpaired) electrons. The molecule has 0 fully saturated rings. The van der Waals surface area contributed by atoms with E-state index in [1.165, 1.54) is 6.20 Å². The van der Waals surface area contributed by atoms with E-state index in [1.807, 2.05) is 45.2 Å². The smallest absolute Gasteiger partial charge is 0.340 e. The lowest BCUT2D eigenvalue weighted by Gasteiger charge is -2.08. The Kier molecular flexibility index (Phi) is 3.84. The highest BCUT2D eigenvalue weighted by atomic mass is 16.5. The summed E-state index contributed by atoms with van der Waals surface area (Å²) in [6.07, 6.45) is 1.50. The van der Waals surface area contributed by atoms with Crippen LogP contribution in [0.1, 0.15) is 27.4 Å². The maximum atomic E-state index is 12.4. The molecule has 0 aliphatic carbocycles. The van der Waals surface area contributed by atoms with Gasteiger partial charge in [0.25, 0.3) is 0 Å². The van der Waals surface area contributed by atoms with Crippen molar-refractivity contribution in [3.63, 3.8) is 0 Å². The Morgan fingerprint density at radius 3 is 2.62 bits per heavy atom. The largest absolute Gasteiger partial charge is 0.455 e. The SMILES string of the molecule is Cc1nc2ccccc2nc1COC(=O)c1cnc2c(c1)c(C)nn2C. The van der Waals surface area contributed by atoms with Gasteiger partial charge in [0.1, 0.15) is 6.61 Å². The first kappa shape index (κ1) is 16.1. The number of rotatable bonds is 3. The fourth-order valence-corrected chi connectivity index (χ4v) is 2.90. The average molecular weight is 347 g/mol. The predicted molar refractivity (Wildman–Crippen MR) is 96.6 cm³/mol. The molecule has 0 N–H and O–H groups in total. The minimum atomic E-state index is -0.447. The van der Waals surface area contributed by atoms with E-state index in [0.717, 1.165) is 33.5 Å². The molecular weight excluding hydrogens is 330 g/mol. The van der Waals surface area contributed by atoms with Crippen LogP contribution in [0.2, 0.25) is 0 Å². The normalized spacial score (nSPS) is 11.2. The first-order valence-corrected chi connectivity index (χ1v) is 8.21. The van der Waals surface area contributed by atoms with Crippen LogP contribution in [0, 0.1) is 13.8 Å². The summed E-state index contributed by atoms with van der Waals surface area (Å²) in [4.78, 5) is 25.8. The number of fused-ring (bicyclic) bond motifs is 2. The summed E-state index contributed by atoms with van der Waals surface area (Å²) in [5.74, 6) is -0.447. The first-order chi connectivity index (χ1) is 12.5. The minimum Gasteiger partial charge on any atom is -0.455 e. The maximum absolute atomic E-state index is 12.4. The lowest BCUT2D eigenvalue weighted by atomic mass is 10.2. The van der Waals surface area contributed by atoms with Gasteiger partial charge in [-0.05, 0) is 32.0 Å². The van der Waals surface area contributed by atoms with Gasteiger partial charge in [0.05, 0.1) is 33.7 Å². The van der Waals surface area contributed by atoms with E-state index < -0.39 is 5.97 Å². The van der Waals surface area contributed by atoms with E-state index in [9.17, 15) is 4.79 Å². The molecule has 130 valence electrons. The summed E-state index contributed by atoms with van der Waals surface area (Å²) in [7, 11) is 1.82. The number of ether oxygens (including phenoxy) is 1. The number of para-hydroxylation sites is 2. The topological polar surface area (TPSA) is 82.8 Å². The molecule has 1 aromatic carbocycles. The van der Waals surface area contributed by atoms with Crippen LogP contribution in [0.15, 0.2) is 36.5 Å². The van der Waals surface area contributed by atoms with Crippen molar-refractivity contribution >= 4 is 28.0 Å². The average Bonchev–Trinajstić information content (AvgIpc) is 2.93. The van der Waals surface area contributed by atoms with Crippen LogP contribution in [-0.4, -0.2) is 30.7 Å². The Labute approximate surface area is 149 Å². The zero-order valence-electron chi connectivity index (χ0n) is 14.7. The van der Waals surface area contributed by atoms with E-state index in [0.29, 0.717) is 11.3 Å². The van der Waals surface area contributed by atoms with Crippen molar-refractivity contribution in [1.82, 2.24) is 24.7 Å². The Balaban J connectivity index is 1.57. The molecule has 0 amide bonds. The molecule has 0 spiro atoms. The fourth-order valence-electron chi connectivity index (χ4n) is 2.90. The van der Waals surface area contributed by atoms with Gasteiger partial charge >= 0.3 is 5.97 Å². The van der Waals surface area contributed by atoms with Gasteiger partial charge in [-0.15, -0.1) is 0 Å². The van der Waals surface area contributed by atoms with E-state index >= 15 is 0 Å². The molecule has 0 saturated heterocycles. The molecular formula is C19H17N5O2. The molecule has 0 unspecified atom stereocenters. The summed E-state index contributed by atoms with van der Waals surface area (Å²) in [6.45, 7) is 3.80. The Morgan fingerprint density at radius 2 is 1.85 bits per heavy atom. The zero-order chi connectivity index (χ0) is 18.3. The lowest BCUT2D eigenvalue weighted by Crippen LogP contribution is -2.08. The van der Waals surface area contributed by atoms with Gasteiger partial charge in [0.15, 0.2) is 5.65 Å². The van der Waals surface area contributed by atoms with Gasteiger partial charge in [-0.1, -0.05) is 12.1 Å². The second-order valence-corrected chi connectivity index (χ2v) is 6.12. The van der Waals surface area contributed by atoms with Crippen LogP contribution in [0.25, 0.3) is 22.1 Å².